The van der Waals surface area contributed by atoms with Crippen molar-refractivity contribution in [3.63, 3.8) is 0 Å². The minimum atomic E-state index is -4.25. The highest BCUT2D eigenvalue weighted by Gasteiger charge is 2.35. The van der Waals surface area contributed by atoms with Gasteiger partial charge < -0.3 is 10.2 Å². The molecule has 7 nitrogen and oxygen atoms in total. The SMILES string of the molecule is CC[C@@H](C)NC(=O)[C@@H](Cc1ccccc1)N(Cc1ccccc1)C(=O)CN(c1ccc(Cl)c(Cl)c1)S(=O)(=O)c1ccc(C)cc1. The van der Waals surface area contributed by atoms with Crippen LogP contribution in [0, 0.1) is 6.92 Å². The summed E-state index contributed by atoms with van der Waals surface area (Å²) in [6, 6.07) is 28.5. The summed E-state index contributed by atoms with van der Waals surface area (Å²) in [7, 11) is -4.25. The fourth-order valence-electron chi connectivity index (χ4n) is 4.78. The molecule has 0 unspecified atom stereocenters. The van der Waals surface area contributed by atoms with Crippen LogP contribution in [0.2, 0.25) is 10.0 Å². The average Bonchev–Trinajstić information content (AvgIpc) is 3.03. The van der Waals surface area contributed by atoms with Gasteiger partial charge >= 0.3 is 0 Å². The summed E-state index contributed by atoms with van der Waals surface area (Å²) < 4.78 is 29.3. The number of nitrogens with zero attached hydrogens (tertiary/aromatic N) is 2. The molecule has 10 heteroatoms. The van der Waals surface area contributed by atoms with Crippen molar-refractivity contribution >= 4 is 50.7 Å². The van der Waals surface area contributed by atoms with E-state index >= 15 is 0 Å². The maximum Gasteiger partial charge on any atom is 0.264 e. The summed E-state index contributed by atoms with van der Waals surface area (Å²) in [5.74, 6) is -0.874. The van der Waals surface area contributed by atoms with Crippen LogP contribution in [0.4, 0.5) is 5.69 Å². The van der Waals surface area contributed by atoms with Crippen LogP contribution in [0.25, 0.3) is 0 Å². The number of anilines is 1. The van der Waals surface area contributed by atoms with Crippen molar-refractivity contribution in [1.82, 2.24) is 10.2 Å². The molecular weight excluding hydrogens is 629 g/mol. The maximum absolute atomic E-state index is 14.5. The van der Waals surface area contributed by atoms with Crippen molar-refractivity contribution in [2.75, 3.05) is 10.8 Å². The first kappa shape index (κ1) is 34.0. The second-order valence-corrected chi connectivity index (χ2v) is 13.6. The molecule has 0 fully saturated rings. The number of nitrogens with one attached hydrogen (secondary N) is 1. The van der Waals surface area contributed by atoms with Gasteiger partial charge in [0.05, 0.1) is 20.6 Å². The summed E-state index contributed by atoms with van der Waals surface area (Å²) in [4.78, 5) is 29.8. The summed E-state index contributed by atoms with van der Waals surface area (Å²) in [6.45, 7) is 5.24. The number of hydrogen-bond acceptors (Lipinski definition) is 4. The molecule has 2 amide bonds. The molecule has 0 spiro atoms. The van der Waals surface area contributed by atoms with Crippen molar-refractivity contribution in [1.29, 1.82) is 0 Å². The number of rotatable bonds is 13. The highest BCUT2D eigenvalue weighted by Crippen LogP contribution is 2.31. The summed E-state index contributed by atoms with van der Waals surface area (Å²) >= 11 is 12.5. The number of carbonyl (C=O) groups is 2. The molecule has 0 aliphatic carbocycles. The number of sulfonamides is 1. The van der Waals surface area contributed by atoms with E-state index in [2.05, 4.69) is 5.32 Å². The molecule has 0 aliphatic rings. The smallest absolute Gasteiger partial charge is 0.264 e. The Morgan fingerprint density at radius 2 is 1.42 bits per heavy atom. The second kappa shape index (κ2) is 15.4. The fraction of sp³-hybridized carbons (Fsp3) is 0.257. The van der Waals surface area contributed by atoms with Gasteiger partial charge in [0.15, 0.2) is 0 Å². The Morgan fingerprint density at radius 3 is 2.00 bits per heavy atom. The lowest BCUT2D eigenvalue weighted by molar-refractivity contribution is -0.140. The van der Waals surface area contributed by atoms with Crippen LogP contribution >= 0.6 is 23.2 Å². The van der Waals surface area contributed by atoms with E-state index in [9.17, 15) is 18.0 Å². The van der Waals surface area contributed by atoms with E-state index < -0.39 is 28.5 Å². The molecule has 0 aliphatic heterocycles. The zero-order valence-corrected chi connectivity index (χ0v) is 27.8. The van der Waals surface area contributed by atoms with Crippen LogP contribution in [0.1, 0.15) is 37.0 Å². The van der Waals surface area contributed by atoms with Gasteiger partial charge in [0.1, 0.15) is 12.6 Å². The quantitative estimate of drug-likeness (QED) is 0.166. The van der Waals surface area contributed by atoms with Gasteiger partial charge in [-0.2, -0.15) is 0 Å². The van der Waals surface area contributed by atoms with Crippen LogP contribution in [0.15, 0.2) is 108 Å². The van der Waals surface area contributed by atoms with Gasteiger partial charge in [-0.05, 0) is 61.7 Å². The normalized spacial score (nSPS) is 12.6. The Hall–Kier alpha value is -3.85. The summed E-state index contributed by atoms with van der Waals surface area (Å²) in [5.41, 5.74) is 2.71. The van der Waals surface area contributed by atoms with Gasteiger partial charge in [-0.1, -0.05) is 108 Å². The third-order valence-corrected chi connectivity index (χ3v) is 10.1. The first-order valence-electron chi connectivity index (χ1n) is 14.7. The molecule has 4 aromatic carbocycles. The molecule has 0 saturated carbocycles. The Morgan fingerprint density at radius 1 is 0.822 bits per heavy atom. The van der Waals surface area contributed by atoms with E-state index in [1.807, 2.05) is 81.4 Å². The molecule has 0 heterocycles. The minimum Gasteiger partial charge on any atom is -0.352 e. The lowest BCUT2D eigenvalue weighted by Gasteiger charge is -2.34. The van der Waals surface area contributed by atoms with E-state index in [4.69, 9.17) is 23.2 Å². The summed E-state index contributed by atoms with van der Waals surface area (Å²) in [6.07, 6.45) is 0.940. The number of aryl methyl sites for hydroxylation is 1. The molecule has 236 valence electrons. The largest absolute Gasteiger partial charge is 0.352 e. The van der Waals surface area contributed by atoms with E-state index in [-0.39, 0.29) is 45.5 Å². The highest BCUT2D eigenvalue weighted by molar-refractivity contribution is 7.92. The fourth-order valence-corrected chi connectivity index (χ4v) is 6.48. The molecule has 45 heavy (non-hydrogen) atoms. The van der Waals surface area contributed by atoms with E-state index in [0.717, 1.165) is 21.0 Å². The van der Waals surface area contributed by atoms with Gasteiger partial charge in [-0.15, -0.1) is 0 Å². The van der Waals surface area contributed by atoms with Crippen molar-refractivity contribution < 1.29 is 18.0 Å². The second-order valence-electron chi connectivity index (χ2n) is 11.0. The molecule has 0 bridgehead atoms. The van der Waals surface area contributed by atoms with Crippen molar-refractivity contribution in [3.8, 4) is 0 Å². The first-order valence-corrected chi connectivity index (χ1v) is 16.9. The van der Waals surface area contributed by atoms with Crippen LogP contribution < -0.4 is 9.62 Å². The lowest BCUT2D eigenvalue weighted by Crippen LogP contribution is -2.54. The molecule has 0 radical (unpaired) electrons. The van der Waals surface area contributed by atoms with Gasteiger partial charge in [-0.25, -0.2) is 8.42 Å². The molecular formula is C35H37Cl2N3O4S. The Labute approximate surface area is 275 Å². The Kier molecular flexibility index (Phi) is 11.7. The zero-order chi connectivity index (χ0) is 32.6. The third kappa shape index (κ3) is 8.87. The minimum absolute atomic E-state index is 0.0110. The predicted octanol–water partition coefficient (Wildman–Crippen LogP) is 7.05. The van der Waals surface area contributed by atoms with Crippen LogP contribution in [-0.2, 0) is 32.6 Å². The molecule has 4 aromatic rings. The zero-order valence-electron chi connectivity index (χ0n) is 25.5. The third-order valence-electron chi connectivity index (χ3n) is 7.55. The monoisotopic (exact) mass is 665 g/mol. The average molecular weight is 667 g/mol. The van der Waals surface area contributed by atoms with Gasteiger partial charge in [0, 0.05) is 19.0 Å². The van der Waals surface area contributed by atoms with Crippen LogP contribution in [0.3, 0.4) is 0 Å². The number of carbonyl (C=O) groups excluding carboxylic acids is 2. The van der Waals surface area contributed by atoms with Crippen molar-refractivity contribution in [2.24, 2.45) is 0 Å². The molecule has 2 atom stereocenters. The van der Waals surface area contributed by atoms with E-state index in [0.29, 0.717) is 6.42 Å². The van der Waals surface area contributed by atoms with Crippen molar-refractivity contribution in [3.05, 3.63) is 130 Å². The maximum atomic E-state index is 14.5. The van der Waals surface area contributed by atoms with Crippen LogP contribution in [0.5, 0.6) is 0 Å². The number of halogens is 2. The lowest BCUT2D eigenvalue weighted by atomic mass is 10.0. The van der Waals surface area contributed by atoms with Gasteiger partial charge in [-0.3, -0.25) is 13.9 Å². The predicted molar refractivity (Wildman–Crippen MR) is 181 cm³/mol. The molecule has 1 N–H and O–H groups in total. The molecule has 0 aromatic heterocycles. The number of amides is 2. The Balaban J connectivity index is 1.81. The Bertz CT molecular complexity index is 1700. The molecule has 4 rings (SSSR count). The standard InChI is InChI=1S/C35H37Cl2N3O4S/c1-4-26(3)38-35(42)33(21-27-11-7-5-8-12-27)39(23-28-13-9-6-10-14-28)34(41)24-40(29-17-20-31(36)32(37)22-29)45(43,44)30-18-15-25(2)16-19-30/h5-20,22,26,33H,4,21,23-24H2,1-3H3,(H,38,42)/t26-,33-/m1/s1. The van der Waals surface area contributed by atoms with E-state index in [1.54, 1.807) is 12.1 Å². The first-order chi connectivity index (χ1) is 21.5. The van der Waals surface area contributed by atoms with Crippen molar-refractivity contribution in [2.45, 2.75) is 57.1 Å². The number of hydrogen-bond donors (Lipinski definition) is 1. The highest BCUT2D eigenvalue weighted by atomic mass is 35.5. The topological polar surface area (TPSA) is 86.8 Å². The summed E-state index contributed by atoms with van der Waals surface area (Å²) in [5, 5.41) is 3.42. The molecule has 0 saturated heterocycles. The van der Waals surface area contributed by atoms with Crippen LogP contribution in [-0.4, -0.2) is 43.8 Å². The van der Waals surface area contributed by atoms with Gasteiger partial charge in [0.25, 0.3) is 10.0 Å². The number of benzene rings is 4. The van der Waals surface area contributed by atoms with E-state index in [1.165, 1.54) is 35.2 Å². The van der Waals surface area contributed by atoms with Gasteiger partial charge in [0.2, 0.25) is 11.8 Å².